The Hall–Kier alpha value is -2.02. The first-order valence-corrected chi connectivity index (χ1v) is 11.5. The molecule has 2 aromatic heterocycles. The molecule has 2 aliphatic rings. The standard InChI is InChI=1S/C21H20N2O2S2/c1-14-4-2-5-16(22-14)11-23-12-18-17-10-15(19-6-3-9-26-19)7-8-20(17)27(24,25)21(18)13-23/h2-10,18,21H,11-13H2,1H3/t18-,21-/m0/s1. The van der Waals surface area contributed by atoms with Crippen LogP contribution < -0.4 is 0 Å². The lowest BCUT2D eigenvalue weighted by molar-refractivity contribution is 0.321. The third-order valence-electron chi connectivity index (χ3n) is 5.59. The molecule has 0 radical (unpaired) electrons. The smallest absolute Gasteiger partial charge is 0.183 e. The number of aromatic nitrogens is 1. The molecule has 0 aliphatic carbocycles. The predicted octanol–water partition coefficient (Wildman–Crippen LogP) is 3.87. The molecule has 2 atom stereocenters. The van der Waals surface area contributed by atoms with Crippen molar-refractivity contribution < 1.29 is 8.42 Å². The third-order valence-corrected chi connectivity index (χ3v) is 8.77. The van der Waals surface area contributed by atoms with Crippen molar-refractivity contribution in [3.05, 3.63) is 70.9 Å². The van der Waals surface area contributed by atoms with Crippen LogP contribution in [0, 0.1) is 6.92 Å². The van der Waals surface area contributed by atoms with E-state index >= 15 is 0 Å². The molecule has 4 heterocycles. The fourth-order valence-electron chi connectivity index (χ4n) is 4.37. The van der Waals surface area contributed by atoms with Gasteiger partial charge in [-0.25, -0.2) is 8.42 Å². The van der Waals surface area contributed by atoms with Crippen LogP contribution in [0.4, 0.5) is 0 Å². The predicted molar refractivity (Wildman–Crippen MR) is 108 cm³/mol. The molecule has 1 saturated heterocycles. The Balaban J connectivity index is 1.47. The van der Waals surface area contributed by atoms with Gasteiger partial charge in [0.1, 0.15) is 0 Å². The fraction of sp³-hybridized carbons (Fsp3) is 0.286. The van der Waals surface area contributed by atoms with Gasteiger partial charge in [-0.2, -0.15) is 0 Å². The van der Waals surface area contributed by atoms with Crippen LogP contribution in [0.25, 0.3) is 10.4 Å². The Labute approximate surface area is 163 Å². The number of likely N-dealkylation sites (tertiary alicyclic amines) is 1. The molecule has 6 heteroatoms. The summed E-state index contributed by atoms with van der Waals surface area (Å²) in [6, 6.07) is 16.0. The summed E-state index contributed by atoms with van der Waals surface area (Å²) >= 11 is 1.68. The van der Waals surface area contributed by atoms with Gasteiger partial charge < -0.3 is 0 Å². The normalized spacial score (nSPS) is 23.3. The molecule has 0 unspecified atom stereocenters. The SMILES string of the molecule is Cc1cccc(CN2C[C@H]3c4cc(-c5cccs5)ccc4S(=O)(=O)[C@H]3C2)n1. The Morgan fingerprint density at radius 3 is 2.81 bits per heavy atom. The summed E-state index contributed by atoms with van der Waals surface area (Å²) in [5.41, 5.74) is 4.09. The van der Waals surface area contributed by atoms with Crippen LogP contribution >= 0.6 is 11.3 Å². The van der Waals surface area contributed by atoms with Gasteiger partial charge in [0.05, 0.1) is 15.8 Å². The summed E-state index contributed by atoms with van der Waals surface area (Å²) in [5, 5.41) is 1.71. The number of nitrogens with zero attached hydrogens (tertiary/aromatic N) is 2. The van der Waals surface area contributed by atoms with Gasteiger partial charge in [0, 0.05) is 36.1 Å². The molecule has 2 aliphatic heterocycles. The van der Waals surface area contributed by atoms with E-state index in [9.17, 15) is 8.42 Å². The lowest BCUT2D eigenvalue weighted by Crippen LogP contribution is -2.26. The van der Waals surface area contributed by atoms with Crippen LogP contribution in [0.3, 0.4) is 0 Å². The first-order valence-electron chi connectivity index (χ1n) is 9.09. The number of pyridine rings is 1. The van der Waals surface area contributed by atoms with Crippen molar-refractivity contribution in [2.45, 2.75) is 29.5 Å². The maximum atomic E-state index is 13.1. The minimum absolute atomic E-state index is 0.0507. The van der Waals surface area contributed by atoms with Crippen molar-refractivity contribution in [1.29, 1.82) is 0 Å². The molecule has 0 N–H and O–H groups in total. The second-order valence-electron chi connectivity index (χ2n) is 7.38. The molecule has 138 valence electrons. The minimum atomic E-state index is -3.26. The second-order valence-corrected chi connectivity index (χ2v) is 10.5. The maximum Gasteiger partial charge on any atom is 0.183 e. The van der Waals surface area contributed by atoms with Gasteiger partial charge in [-0.05, 0) is 53.8 Å². The number of fused-ring (bicyclic) bond motifs is 3. The van der Waals surface area contributed by atoms with Crippen LogP contribution in [0.5, 0.6) is 0 Å². The summed E-state index contributed by atoms with van der Waals surface area (Å²) < 4.78 is 26.2. The number of thiophene rings is 1. The highest BCUT2D eigenvalue weighted by molar-refractivity contribution is 7.92. The van der Waals surface area contributed by atoms with Gasteiger partial charge in [0.15, 0.2) is 9.84 Å². The molecular formula is C21H20N2O2S2. The molecule has 1 fully saturated rings. The Bertz CT molecular complexity index is 1110. The minimum Gasteiger partial charge on any atom is -0.296 e. The molecule has 4 nitrogen and oxygen atoms in total. The van der Waals surface area contributed by atoms with E-state index in [2.05, 4.69) is 22.0 Å². The summed E-state index contributed by atoms with van der Waals surface area (Å²) in [5.74, 6) is 0.0507. The van der Waals surface area contributed by atoms with Crippen molar-refractivity contribution >= 4 is 21.2 Å². The van der Waals surface area contributed by atoms with Crippen LogP contribution in [0.1, 0.15) is 22.9 Å². The quantitative estimate of drug-likeness (QED) is 0.674. The molecule has 1 aromatic carbocycles. The van der Waals surface area contributed by atoms with Crippen LogP contribution in [0.2, 0.25) is 0 Å². The van der Waals surface area contributed by atoms with Gasteiger partial charge >= 0.3 is 0 Å². The summed E-state index contributed by atoms with van der Waals surface area (Å²) in [6.45, 7) is 4.02. The van der Waals surface area contributed by atoms with Crippen LogP contribution in [-0.4, -0.2) is 36.6 Å². The van der Waals surface area contributed by atoms with E-state index in [0.717, 1.165) is 29.1 Å². The lowest BCUT2D eigenvalue weighted by atomic mass is 9.96. The molecular weight excluding hydrogens is 376 g/mol. The summed E-state index contributed by atoms with van der Waals surface area (Å²) in [6.07, 6.45) is 0. The van der Waals surface area contributed by atoms with E-state index in [0.29, 0.717) is 18.0 Å². The van der Waals surface area contributed by atoms with Crippen molar-refractivity contribution in [2.24, 2.45) is 0 Å². The monoisotopic (exact) mass is 396 g/mol. The molecule has 0 spiro atoms. The Morgan fingerprint density at radius 1 is 1.15 bits per heavy atom. The Morgan fingerprint density at radius 2 is 2.04 bits per heavy atom. The Kier molecular flexibility index (Phi) is 3.96. The third kappa shape index (κ3) is 2.83. The number of sulfone groups is 1. The highest BCUT2D eigenvalue weighted by Crippen LogP contribution is 2.46. The van der Waals surface area contributed by atoms with Gasteiger partial charge in [-0.15, -0.1) is 11.3 Å². The number of hydrogen-bond donors (Lipinski definition) is 0. The highest BCUT2D eigenvalue weighted by atomic mass is 32.2. The van der Waals surface area contributed by atoms with Crippen molar-refractivity contribution in [3.63, 3.8) is 0 Å². The highest BCUT2D eigenvalue weighted by Gasteiger charge is 2.50. The molecule has 0 saturated carbocycles. The van der Waals surface area contributed by atoms with Crippen molar-refractivity contribution in [2.75, 3.05) is 13.1 Å². The van der Waals surface area contributed by atoms with E-state index in [1.165, 1.54) is 4.88 Å². The second kappa shape index (κ2) is 6.26. The van der Waals surface area contributed by atoms with Crippen LogP contribution in [0.15, 0.2) is 58.8 Å². The van der Waals surface area contributed by atoms with E-state index in [4.69, 9.17) is 0 Å². The largest absolute Gasteiger partial charge is 0.296 e. The van der Waals surface area contributed by atoms with Crippen molar-refractivity contribution in [3.8, 4) is 10.4 Å². The average Bonchev–Trinajstić information content (AvgIpc) is 3.34. The molecule has 27 heavy (non-hydrogen) atoms. The maximum absolute atomic E-state index is 13.1. The van der Waals surface area contributed by atoms with Crippen molar-refractivity contribution in [1.82, 2.24) is 9.88 Å². The van der Waals surface area contributed by atoms with E-state index < -0.39 is 9.84 Å². The average molecular weight is 397 g/mol. The lowest BCUT2D eigenvalue weighted by Gasteiger charge is -2.17. The molecule has 0 amide bonds. The zero-order valence-corrected chi connectivity index (χ0v) is 16.6. The molecule has 5 rings (SSSR count). The first-order chi connectivity index (χ1) is 13.0. The van der Waals surface area contributed by atoms with E-state index in [1.807, 2.05) is 48.7 Å². The van der Waals surface area contributed by atoms with E-state index in [-0.39, 0.29) is 11.2 Å². The van der Waals surface area contributed by atoms with Gasteiger partial charge in [0.2, 0.25) is 0 Å². The number of aryl methyl sites for hydroxylation is 1. The zero-order valence-electron chi connectivity index (χ0n) is 15.0. The number of benzene rings is 1. The topological polar surface area (TPSA) is 50.3 Å². The summed E-state index contributed by atoms with van der Waals surface area (Å²) in [7, 11) is -3.26. The van der Waals surface area contributed by atoms with Gasteiger partial charge in [-0.3, -0.25) is 9.88 Å². The van der Waals surface area contributed by atoms with Gasteiger partial charge in [-0.1, -0.05) is 18.2 Å². The summed E-state index contributed by atoms with van der Waals surface area (Å²) in [4.78, 5) is 8.51. The number of hydrogen-bond acceptors (Lipinski definition) is 5. The first kappa shape index (κ1) is 17.1. The molecule has 3 aromatic rings. The van der Waals surface area contributed by atoms with E-state index in [1.54, 1.807) is 11.3 Å². The number of rotatable bonds is 3. The molecule has 0 bridgehead atoms. The van der Waals surface area contributed by atoms with Gasteiger partial charge in [0.25, 0.3) is 0 Å². The van der Waals surface area contributed by atoms with Crippen LogP contribution in [-0.2, 0) is 16.4 Å². The zero-order chi connectivity index (χ0) is 18.6. The fourth-order valence-corrected chi connectivity index (χ4v) is 7.29.